The number of hydrogen-bond acceptors (Lipinski definition) is 12. The molecule has 5 N–H and O–H groups in total. The van der Waals surface area contributed by atoms with Crippen molar-refractivity contribution in [1.82, 2.24) is 19.8 Å². The molecular weight excluding hydrogens is 791 g/mol. The number of ether oxygens (including phenoxy) is 3. The van der Waals surface area contributed by atoms with Crippen LogP contribution in [0.3, 0.4) is 0 Å². The van der Waals surface area contributed by atoms with Crippen LogP contribution in [0.2, 0.25) is 0 Å². The third kappa shape index (κ3) is 9.83. The van der Waals surface area contributed by atoms with E-state index in [9.17, 15) is 29.7 Å². The van der Waals surface area contributed by atoms with Crippen molar-refractivity contribution in [3.8, 4) is 17.6 Å². The molecule has 1 saturated heterocycles. The number of hydrogen-bond donors (Lipinski definition) is 5. The number of nitrogens with one attached hydrogen (secondary N) is 2. The molecule has 2 bridgehead atoms. The number of aliphatic hydroxyl groups excluding tert-OH is 2. The number of rotatable bonds is 5. The number of hydrazine groups is 1. The lowest BCUT2D eigenvalue weighted by Crippen LogP contribution is -2.46. The average molecular weight is 852 g/mol. The summed E-state index contributed by atoms with van der Waals surface area (Å²) in [6.45, 7) is 12.1. The van der Waals surface area contributed by atoms with Crippen LogP contribution in [0.5, 0.6) is 5.75 Å². The van der Waals surface area contributed by atoms with E-state index in [2.05, 4.69) is 27.6 Å². The topological polar surface area (TPSA) is 184 Å². The lowest BCUT2D eigenvalue weighted by atomic mass is 9.78. The third-order valence-corrected chi connectivity index (χ3v) is 12.6. The van der Waals surface area contributed by atoms with Crippen molar-refractivity contribution in [2.75, 3.05) is 32.6 Å². The minimum absolute atomic E-state index is 0.000198. The SMILES string of the molecule is COC1C#CC(=O)c2c(O)c3c4c(nc5cc(=CNN6CCCCC6)ccn54)c2=C1CC/C=C/[C@H](OC)[C@@H](C)[C@@H](OC(C)=O)[C@H](C)[C@H](O)[C@H](C)[C@@H](O)[C@@H](C)/C=C/C=C(/C)C(=O)N3. The van der Waals surface area contributed by atoms with E-state index in [0.29, 0.717) is 40.3 Å². The summed E-state index contributed by atoms with van der Waals surface area (Å²) in [6.07, 6.45) is 12.5. The number of phenols is 1. The maximum atomic E-state index is 14.0. The number of Topliss-reactive ketones (excluding diaryl/α,β-unsaturated/α-hetero) is 1. The van der Waals surface area contributed by atoms with Crippen LogP contribution in [0.4, 0.5) is 5.69 Å². The standard InChI is InChI=1S/C48H61N5O9/c1-27-15-14-16-28(2)48(59)51-42-43-41(50-38-25-33(21-24-53(38)43)26-49-52-22-12-9-13-23-52)39-34(37(61-8)20-19-35(55)40(39)46(42)58)17-10-11-18-36(60-7)29(3)47(62-32(6)54)31(5)45(57)30(4)44(27)56/h11,14-16,18,21,24-27,29-31,36-37,44-45,47,49,56-58H,9-10,12-13,17,22-23H2,1-8H3,(H,51,59)/b15-14+,18-11+,28-16-,33-26?/t27-,29+,30+,31+,36-,37?,44-,45+,47+/m0/s1. The number of methoxy groups -OCH3 is 2. The number of fused-ring (bicyclic) bond motifs is 1. The molecule has 2 aliphatic heterocycles. The van der Waals surface area contributed by atoms with Crippen molar-refractivity contribution < 1.29 is 43.9 Å². The second-order valence-corrected chi connectivity index (χ2v) is 16.9. The highest BCUT2D eigenvalue weighted by Crippen LogP contribution is 2.37. The number of phenolic OH excluding ortho intramolecular Hbond substituents is 1. The number of piperidine rings is 1. The van der Waals surface area contributed by atoms with Crippen molar-refractivity contribution in [2.24, 2.45) is 23.7 Å². The Kier molecular flexibility index (Phi) is 15.1. The molecular formula is C48H61N5O9. The molecule has 14 nitrogen and oxygen atoms in total. The van der Waals surface area contributed by atoms with Crippen LogP contribution in [0.25, 0.3) is 28.5 Å². The molecule has 1 aliphatic carbocycles. The van der Waals surface area contributed by atoms with Crippen LogP contribution < -0.4 is 21.2 Å². The van der Waals surface area contributed by atoms with E-state index < -0.39 is 77.6 Å². The van der Waals surface area contributed by atoms with Gasteiger partial charge in [0.05, 0.1) is 23.9 Å². The second kappa shape index (κ2) is 20.3. The molecule has 0 radical (unpaired) electrons. The van der Waals surface area contributed by atoms with Gasteiger partial charge in [-0.2, -0.15) is 0 Å². The number of aromatic hydroxyl groups is 1. The normalized spacial score (nSPS) is 30.5. The number of pyridine rings is 1. The largest absolute Gasteiger partial charge is 0.505 e. The smallest absolute Gasteiger partial charge is 0.302 e. The van der Waals surface area contributed by atoms with Gasteiger partial charge in [-0.1, -0.05) is 70.4 Å². The molecule has 2 aromatic heterocycles. The van der Waals surface area contributed by atoms with Gasteiger partial charge in [-0.25, -0.2) is 9.99 Å². The first-order valence-corrected chi connectivity index (χ1v) is 21.6. The summed E-state index contributed by atoms with van der Waals surface area (Å²) in [4.78, 5) is 45.5. The Balaban J connectivity index is 1.56. The quantitative estimate of drug-likeness (QED) is 0.0809. The Morgan fingerprint density at radius 3 is 2.45 bits per heavy atom. The highest BCUT2D eigenvalue weighted by atomic mass is 16.5. The first-order chi connectivity index (χ1) is 29.7. The molecule has 332 valence electrons. The fraction of sp³-hybridized carbons (Fsp3) is 0.500. The van der Waals surface area contributed by atoms with E-state index in [-0.39, 0.29) is 16.8 Å². The van der Waals surface area contributed by atoms with Crippen LogP contribution in [0, 0.1) is 35.5 Å². The molecule has 62 heavy (non-hydrogen) atoms. The van der Waals surface area contributed by atoms with Crippen LogP contribution in [0.1, 0.15) is 84.0 Å². The summed E-state index contributed by atoms with van der Waals surface area (Å²) < 4.78 is 19.4. The molecule has 1 amide bonds. The van der Waals surface area contributed by atoms with Crippen molar-refractivity contribution >= 4 is 51.8 Å². The van der Waals surface area contributed by atoms with Gasteiger partial charge in [0, 0.05) is 81.1 Å². The number of benzene rings is 1. The number of anilines is 1. The molecule has 1 fully saturated rings. The maximum absolute atomic E-state index is 14.0. The first-order valence-electron chi connectivity index (χ1n) is 21.6. The molecule has 14 heteroatoms. The fourth-order valence-corrected chi connectivity index (χ4v) is 8.89. The Labute approximate surface area is 363 Å². The van der Waals surface area contributed by atoms with Gasteiger partial charge in [0.1, 0.15) is 34.6 Å². The number of imidazole rings is 1. The summed E-state index contributed by atoms with van der Waals surface area (Å²) in [7, 11) is 3.07. The zero-order valence-corrected chi connectivity index (χ0v) is 37.0. The fourth-order valence-electron chi connectivity index (χ4n) is 8.89. The summed E-state index contributed by atoms with van der Waals surface area (Å²) in [5.41, 5.74) is 5.46. The van der Waals surface area contributed by atoms with Gasteiger partial charge in [0.25, 0.3) is 5.91 Å². The molecule has 4 heterocycles. The number of allylic oxidation sites excluding steroid dienone is 3. The monoisotopic (exact) mass is 851 g/mol. The maximum Gasteiger partial charge on any atom is 0.302 e. The molecule has 1 aromatic carbocycles. The average Bonchev–Trinajstić information content (AvgIpc) is 3.57. The van der Waals surface area contributed by atoms with Crippen molar-refractivity contribution in [1.29, 1.82) is 0 Å². The molecule has 6 rings (SSSR count). The number of nitrogens with zero attached hydrogens (tertiary/aromatic N) is 3. The number of carbonyl (C=O) groups is 3. The van der Waals surface area contributed by atoms with Crippen LogP contribution in [-0.4, -0.2) is 105 Å². The van der Waals surface area contributed by atoms with Crippen molar-refractivity contribution in [3.05, 3.63) is 70.3 Å². The zero-order chi connectivity index (χ0) is 44.8. The van der Waals surface area contributed by atoms with Crippen LogP contribution >= 0.6 is 0 Å². The van der Waals surface area contributed by atoms with E-state index in [1.54, 1.807) is 57.4 Å². The number of carbonyl (C=O) groups excluding carboxylic acids is 3. The van der Waals surface area contributed by atoms with E-state index in [4.69, 9.17) is 19.2 Å². The summed E-state index contributed by atoms with van der Waals surface area (Å²) in [6, 6.07) is 3.80. The number of amides is 1. The van der Waals surface area contributed by atoms with Gasteiger partial charge in [-0.05, 0) is 61.5 Å². The molecule has 0 spiro atoms. The lowest BCUT2D eigenvalue weighted by molar-refractivity contribution is -0.160. The molecule has 0 saturated carbocycles. The number of ketones is 1. The minimum Gasteiger partial charge on any atom is -0.505 e. The first kappa shape index (κ1) is 46.2. The second-order valence-electron chi connectivity index (χ2n) is 16.9. The van der Waals surface area contributed by atoms with E-state index in [0.717, 1.165) is 31.1 Å². The molecule has 1 unspecified atom stereocenters. The van der Waals surface area contributed by atoms with Crippen LogP contribution in [-0.2, 0) is 23.8 Å². The van der Waals surface area contributed by atoms with Gasteiger partial charge in [-0.3, -0.25) is 18.8 Å². The number of aromatic nitrogens is 2. The summed E-state index contributed by atoms with van der Waals surface area (Å²) in [5, 5.41) is 41.4. The van der Waals surface area contributed by atoms with E-state index in [1.807, 2.05) is 43.6 Å². The van der Waals surface area contributed by atoms with E-state index >= 15 is 0 Å². The minimum atomic E-state index is -1.05. The van der Waals surface area contributed by atoms with Crippen molar-refractivity contribution in [2.45, 2.75) is 104 Å². The third-order valence-electron chi connectivity index (χ3n) is 12.6. The van der Waals surface area contributed by atoms with Gasteiger partial charge >= 0.3 is 5.97 Å². The zero-order valence-electron chi connectivity index (χ0n) is 37.0. The Morgan fingerprint density at radius 1 is 1.02 bits per heavy atom. The summed E-state index contributed by atoms with van der Waals surface area (Å²) in [5.74, 6) is 1.39. The van der Waals surface area contributed by atoms with Crippen molar-refractivity contribution in [3.63, 3.8) is 0 Å². The van der Waals surface area contributed by atoms with Gasteiger partial charge in [0.15, 0.2) is 5.75 Å². The molecule has 3 aliphatic rings. The Morgan fingerprint density at radius 2 is 1.76 bits per heavy atom. The Bertz CT molecular complexity index is 2450. The predicted molar refractivity (Wildman–Crippen MR) is 238 cm³/mol. The predicted octanol–water partition coefficient (Wildman–Crippen LogP) is 4.29. The number of esters is 1. The molecule has 3 aromatic rings. The summed E-state index contributed by atoms with van der Waals surface area (Å²) >= 11 is 0. The van der Waals surface area contributed by atoms with Crippen LogP contribution in [0.15, 0.2) is 54.3 Å². The van der Waals surface area contributed by atoms with Gasteiger partial charge < -0.3 is 40.3 Å². The Hall–Kier alpha value is -5.30. The number of aliphatic hydroxyl groups is 2. The van der Waals surface area contributed by atoms with Gasteiger partial charge in [-0.15, -0.1) is 0 Å². The lowest BCUT2D eigenvalue weighted by Gasteiger charge is -2.38. The van der Waals surface area contributed by atoms with Gasteiger partial charge in [0.2, 0.25) is 5.78 Å². The highest BCUT2D eigenvalue weighted by Gasteiger charge is 2.39. The highest BCUT2D eigenvalue weighted by molar-refractivity contribution is 6.18. The van der Waals surface area contributed by atoms with E-state index in [1.165, 1.54) is 20.5 Å². The molecule has 9 atom stereocenters.